The summed E-state index contributed by atoms with van der Waals surface area (Å²) in [6.07, 6.45) is 2.64. The van der Waals surface area contributed by atoms with Crippen LogP contribution in [0.25, 0.3) is 0 Å². The summed E-state index contributed by atoms with van der Waals surface area (Å²) in [6, 6.07) is 0. The van der Waals surface area contributed by atoms with Gasteiger partial charge in [0, 0.05) is 238 Å². The van der Waals surface area contributed by atoms with Crippen molar-refractivity contribution in [2.45, 2.75) is 85.6 Å². The van der Waals surface area contributed by atoms with E-state index in [9.17, 15) is 0 Å². The molecule has 0 rings (SSSR count). The van der Waals surface area contributed by atoms with Gasteiger partial charge in [-0.2, -0.15) is 9.35 Å². The van der Waals surface area contributed by atoms with Crippen LogP contribution in [-0.4, -0.2) is 168 Å². The Balaban J connectivity index is -0.00000000642. The standard InChI is InChI=1S/C4H10.3C3H10OSi.4CH4O.CH3.H2O3P2.2H4O3P2.9H2O.8Zr/c1-3-4-2;3*1-5(2,3)4;4*1-2;;1-4-5(2)3;2*1-3-5(2)4;;;;;;;;;;;;;;;;;/h3-4H2,1-2H3;3*4H,1-3H3;4*2H,1H3;1H3;2-3H;2*1-2H,4H2;9*1H2;;;;;;;;/q;;;;;;;;-1;;;;;;;;;;;;;;;;;;;;. The minimum Gasteiger partial charge on any atom is -0.433 e. The van der Waals surface area contributed by atoms with Crippen LogP contribution in [0.15, 0.2) is 0 Å². The summed E-state index contributed by atoms with van der Waals surface area (Å²) >= 11 is 0. The van der Waals surface area contributed by atoms with E-state index in [0.717, 1.165) is 28.4 Å². The second-order valence-electron chi connectivity index (χ2n) is 8.63. The van der Waals surface area contributed by atoms with Crippen LogP contribution in [0.5, 0.6) is 0 Å². The number of hydrogen-bond donors (Lipinski definition) is 13. The number of unbranched alkanes of at least 4 members (excludes halogenated alkanes) is 1. The third-order valence-corrected chi connectivity index (χ3v) is 2.22. The zero-order chi connectivity index (χ0) is 37.8. The van der Waals surface area contributed by atoms with Crippen molar-refractivity contribution in [1.29, 1.82) is 0 Å². The molecular formula is C18H87O25P6Si3Zr8-. The Hall–Kier alpha value is 9.01. The van der Waals surface area contributed by atoms with Crippen LogP contribution in [0, 0.1) is 7.43 Å². The van der Waals surface area contributed by atoms with E-state index < -0.39 is 57.3 Å². The van der Waals surface area contributed by atoms with Gasteiger partial charge >= 0.3 is 0 Å². The molecule has 60 heavy (non-hydrogen) atoms. The van der Waals surface area contributed by atoms with E-state index in [1.54, 1.807) is 0 Å². The summed E-state index contributed by atoms with van der Waals surface area (Å²) < 4.78 is 15.8. The second-order valence-corrected chi connectivity index (χ2v) is 28.1. The van der Waals surface area contributed by atoms with E-state index in [1.807, 2.05) is 76.8 Å². The first-order valence-corrected chi connectivity index (χ1v) is 30.1. The Morgan fingerprint density at radius 3 is 0.483 bits per heavy atom. The molecule has 4 unspecified atom stereocenters. The van der Waals surface area contributed by atoms with Gasteiger partial charge in [0.1, 0.15) is 0 Å². The minimum absolute atomic E-state index is 0. The monoisotopic (exact) mass is 1690 g/mol. The van der Waals surface area contributed by atoms with Gasteiger partial charge in [0.05, 0.1) is 0 Å². The van der Waals surface area contributed by atoms with Crippen molar-refractivity contribution < 1.29 is 338 Å². The van der Waals surface area contributed by atoms with Crippen LogP contribution in [0.3, 0.4) is 0 Å². The van der Waals surface area contributed by atoms with Gasteiger partial charge in [0.25, 0.3) is 8.06 Å². The van der Waals surface area contributed by atoms with Gasteiger partial charge in [-0.1, -0.05) is 26.7 Å². The zero-order valence-electron chi connectivity index (χ0n) is 37.4. The summed E-state index contributed by atoms with van der Waals surface area (Å²) in [6.45, 7) is 21.3. The van der Waals surface area contributed by atoms with Crippen molar-refractivity contribution in [3.63, 3.8) is 0 Å². The molecule has 0 amide bonds. The molecule has 0 aromatic heterocycles. The average Bonchev–Trinajstić information content (AvgIpc) is 2.86. The van der Waals surface area contributed by atoms with E-state index in [0.29, 0.717) is 0 Å². The molecule has 0 radical (unpaired) electrons. The molecule has 0 aliphatic rings. The molecule has 42 heteroatoms. The van der Waals surface area contributed by atoms with Crippen LogP contribution >= 0.6 is 50.2 Å². The van der Waals surface area contributed by atoms with Crippen molar-refractivity contribution in [3.8, 4) is 0 Å². The van der Waals surface area contributed by atoms with Crippen LogP contribution in [0.1, 0.15) is 26.7 Å². The number of rotatable bonds is 4. The summed E-state index contributed by atoms with van der Waals surface area (Å²) in [5.41, 5.74) is 0. The molecule has 4 atom stereocenters. The molecule has 0 spiro atoms. The quantitative estimate of drug-likeness (QED) is 0.0449. The Bertz CT molecular complexity index is 372. The maximum atomic E-state index is 9.13. The molecule has 0 saturated heterocycles. The van der Waals surface area contributed by atoms with Crippen LogP contribution in [0.2, 0.25) is 58.9 Å². The normalized spacial score (nSPS) is 7.25. The fraction of sp³-hybridized carbons (Fsp3) is 0.944. The van der Waals surface area contributed by atoms with E-state index in [1.165, 1.54) is 12.8 Å². The third-order valence-electron chi connectivity index (χ3n) is 0.740. The maximum absolute atomic E-state index is 9.13. The third kappa shape index (κ3) is 1140. The average molecular weight is 1700 g/mol. The van der Waals surface area contributed by atoms with Gasteiger partial charge in [-0.25, -0.2) is 10.5 Å². The molecule has 0 heterocycles. The Kier molecular flexibility index (Phi) is 603. The van der Waals surface area contributed by atoms with E-state index in [-0.39, 0.29) is 266 Å². The SMILES string of the molecule is CCCC.CO.CO.CO.CO.C[Si](C)(C)O.C[Si](C)(C)O.C[Si](C)(C)O.O.O.O.O.O.O.O.O.O.O=PP(O)O.OOP(O)P.OOP(O)P.[CH3-].[Zr].[Zr].[Zr].[Zr].[Zr].[Zr].[Zr].[Zr]. The predicted octanol–water partition coefficient (Wildman–Crippen LogP) is -2.68. The van der Waals surface area contributed by atoms with Gasteiger partial charge in [-0.05, 0) is 76.8 Å². The minimum atomic E-state index is -2.18. The van der Waals surface area contributed by atoms with E-state index >= 15 is 0 Å². The molecule has 0 aromatic carbocycles. The Morgan fingerprint density at radius 1 is 0.433 bits per heavy atom. The van der Waals surface area contributed by atoms with Gasteiger partial charge in [0.2, 0.25) is 24.3 Å². The maximum Gasteiger partial charge on any atom is 0.267 e. The summed E-state index contributed by atoms with van der Waals surface area (Å²) in [7, 11) is -3.08. The van der Waals surface area contributed by atoms with Crippen molar-refractivity contribution in [3.05, 3.63) is 7.43 Å². The number of hydrogen-bond acceptors (Lipinski definition) is 16. The molecule has 31 N–H and O–H groups in total. The van der Waals surface area contributed by atoms with Gasteiger partial charge in [0.15, 0.2) is 25.0 Å². The summed E-state index contributed by atoms with van der Waals surface area (Å²) in [5.74, 6) is 0. The first kappa shape index (κ1) is 199. The largest absolute Gasteiger partial charge is 0.433 e. The smallest absolute Gasteiger partial charge is 0.267 e. The van der Waals surface area contributed by atoms with Crippen molar-refractivity contribution in [1.82, 2.24) is 0 Å². The van der Waals surface area contributed by atoms with Crippen molar-refractivity contribution in [2.24, 2.45) is 0 Å². The van der Waals surface area contributed by atoms with E-state index in [2.05, 4.69) is 23.2 Å². The topological polar surface area (TPSA) is 582 Å². The molecule has 384 valence electrons. The molecule has 0 bridgehead atoms. The second kappa shape index (κ2) is 182. The molecule has 0 saturated carbocycles. The van der Waals surface area contributed by atoms with Crippen LogP contribution in [-0.2, 0) is 224 Å². The molecule has 0 aliphatic heterocycles. The van der Waals surface area contributed by atoms with Gasteiger partial charge in [-0.15, -0.1) is 0 Å². The summed E-state index contributed by atoms with van der Waals surface area (Å²) in [4.78, 5) is 57.1. The summed E-state index contributed by atoms with van der Waals surface area (Å²) in [5, 5.41) is 42.8. The molecule has 0 aromatic rings. The molecule has 0 aliphatic carbocycles. The Morgan fingerprint density at radius 2 is 0.483 bits per heavy atom. The van der Waals surface area contributed by atoms with Crippen LogP contribution < -0.4 is 0 Å². The predicted molar refractivity (Wildman–Crippen MR) is 233 cm³/mol. The fourth-order valence-corrected chi connectivity index (χ4v) is 0. The van der Waals surface area contributed by atoms with E-state index in [4.69, 9.17) is 69.5 Å². The van der Waals surface area contributed by atoms with Gasteiger partial charge in [-0.3, -0.25) is 4.57 Å². The zero-order valence-corrected chi connectivity index (χ0v) is 65.9. The first-order chi connectivity index (χ1) is 18.7. The molecule has 0 fully saturated rings. The first-order valence-electron chi connectivity index (χ1n) is 11.3. The van der Waals surface area contributed by atoms with Crippen molar-refractivity contribution in [2.75, 3.05) is 28.4 Å². The fourth-order valence-electron chi connectivity index (χ4n) is 0. The molecular weight excluding hydrogens is 1620 g/mol. The Labute approximate surface area is 526 Å². The van der Waals surface area contributed by atoms with Gasteiger partial charge < -0.3 is 111 Å². The van der Waals surface area contributed by atoms with Crippen molar-refractivity contribution >= 4 is 75.1 Å². The number of aliphatic hydroxyl groups is 4. The number of aliphatic hydroxyl groups excluding tert-OH is 4. The molecule has 25 nitrogen and oxygen atoms in total. The van der Waals surface area contributed by atoms with Crippen LogP contribution in [0.4, 0.5) is 0 Å².